The first-order chi connectivity index (χ1) is 9.54. The van der Waals surface area contributed by atoms with E-state index in [-0.39, 0.29) is 11.1 Å². The number of rotatable bonds is 4. The summed E-state index contributed by atoms with van der Waals surface area (Å²) in [7, 11) is 1.50. The van der Waals surface area contributed by atoms with Gasteiger partial charge in [-0.1, -0.05) is 24.3 Å². The number of hydrogen-bond donors (Lipinski definition) is 2. The van der Waals surface area contributed by atoms with Crippen molar-refractivity contribution < 1.29 is 24.5 Å². The number of benzene rings is 2. The van der Waals surface area contributed by atoms with Crippen molar-refractivity contribution in [1.29, 1.82) is 0 Å². The molecule has 5 heteroatoms. The Hall–Kier alpha value is -2.82. The maximum Gasteiger partial charge on any atom is 0.337 e. The van der Waals surface area contributed by atoms with Gasteiger partial charge in [-0.05, 0) is 29.3 Å². The molecule has 2 aromatic carbocycles. The molecule has 2 N–H and O–H groups in total. The van der Waals surface area contributed by atoms with Gasteiger partial charge < -0.3 is 14.9 Å². The van der Waals surface area contributed by atoms with Crippen molar-refractivity contribution in [3.63, 3.8) is 0 Å². The van der Waals surface area contributed by atoms with Crippen LogP contribution < -0.4 is 4.74 Å². The molecular formula is C15H12O5. The van der Waals surface area contributed by atoms with Crippen molar-refractivity contribution >= 4 is 11.9 Å². The number of hydrogen-bond acceptors (Lipinski definition) is 3. The highest BCUT2D eigenvalue weighted by atomic mass is 16.5. The maximum absolute atomic E-state index is 11.4. The minimum absolute atomic E-state index is 0.228. The Labute approximate surface area is 115 Å². The molecule has 5 nitrogen and oxygen atoms in total. The van der Waals surface area contributed by atoms with E-state index in [0.29, 0.717) is 16.9 Å². The minimum Gasteiger partial charge on any atom is -0.497 e. The van der Waals surface area contributed by atoms with Crippen LogP contribution in [0.4, 0.5) is 0 Å². The zero-order valence-electron chi connectivity index (χ0n) is 10.7. The summed E-state index contributed by atoms with van der Waals surface area (Å²) in [5.74, 6) is -1.98. The average Bonchev–Trinajstić information content (AvgIpc) is 2.46. The molecule has 0 aliphatic carbocycles. The molecule has 0 aliphatic rings. The third-order valence-electron chi connectivity index (χ3n) is 2.89. The lowest BCUT2D eigenvalue weighted by molar-refractivity contribution is 0.0652. The predicted octanol–water partition coefficient (Wildman–Crippen LogP) is 2.76. The highest BCUT2D eigenvalue weighted by Crippen LogP contribution is 2.29. The normalized spacial score (nSPS) is 10.1. The van der Waals surface area contributed by atoms with Crippen LogP contribution in [0.3, 0.4) is 0 Å². The Morgan fingerprint density at radius 3 is 2.30 bits per heavy atom. The van der Waals surface area contributed by atoms with Crippen molar-refractivity contribution in [3.05, 3.63) is 53.6 Å². The number of carbonyl (C=O) groups is 2. The van der Waals surface area contributed by atoms with Gasteiger partial charge in [0.15, 0.2) is 0 Å². The molecule has 0 fully saturated rings. The van der Waals surface area contributed by atoms with Gasteiger partial charge >= 0.3 is 11.9 Å². The number of carboxylic acids is 2. The zero-order valence-corrected chi connectivity index (χ0v) is 10.7. The minimum atomic E-state index is -1.28. The van der Waals surface area contributed by atoms with E-state index in [4.69, 9.17) is 9.84 Å². The van der Waals surface area contributed by atoms with Crippen molar-refractivity contribution in [1.82, 2.24) is 0 Å². The fourth-order valence-corrected chi connectivity index (χ4v) is 1.99. The van der Waals surface area contributed by atoms with E-state index >= 15 is 0 Å². The van der Waals surface area contributed by atoms with Crippen LogP contribution in [0, 0.1) is 0 Å². The molecule has 0 spiro atoms. The van der Waals surface area contributed by atoms with Crippen LogP contribution in [0.1, 0.15) is 20.7 Å². The van der Waals surface area contributed by atoms with E-state index in [2.05, 4.69) is 0 Å². The summed E-state index contributed by atoms with van der Waals surface area (Å²) in [5.41, 5.74) is 0.465. The highest BCUT2D eigenvalue weighted by Gasteiger charge is 2.20. The van der Waals surface area contributed by atoms with E-state index in [0.717, 1.165) is 0 Å². The van der Waals surface area contributed by atoms with Crippen LogP contribution in [-0.2, 0) is 0 Å². The van der Waals surface area contributed by atoms with Crippen molar-refractivity contribution in [2.45, 2.75) is 0 Å². The van der Waals surface area contributed by atoms with Gasteiger partial charge in [0.2, 0.25) is 0 Å². The highest BCUT2D eigenvalue weighted by molar-refractivity contribution is 6.06. The van der Waals surface area contributed by atoms with Crippen molar-refractivity contribution in [2.75, 3.05) is 7.11 Å². The molecule has 0 bridgehead atoms. The van der Waals surface area contributed by atoms with Gasteiger partial charge in [0.1, 0.15) is 5.75 Å². The summed E-state index contributed by atoms with van der Waals surface area (Å²) < 4.78 is 5.09. The molecule has 2 aromatic rings. The first-order valence-corrected chi connectivity index (χ1v) is 5.78. The predicted molar refractivity (Wildman–Crippen MR) is 72.3 cm³/mol. The number of ether oxygens (including phenoxy) is 1. The van der Waals surface area contributed by atoms with E-state index in [1.807, 2.05) is 0 Å². The van der Waals surface area contributed by atoms with E-state index in [1.54, 1.807) is 30.3 Å². The molecule has 0 radical (unpaired) electrons. The quantitative estimate of drug-likeness (QED) is 0.894. The van der Waals surface area contributed by atoms with Gasteiger partial charge in [-0.2, -0.15) is 0 Å². The Morgan fingerprint density at radius 1 is 1.00 bits per heavy atom. The molecule has 0 aliphatic heterocycles. The van der Waals surface area contributed by atoms with Gasteiger partial charge in [0.25, 0.3) is 0 Å². The Bertz CT molecular complexity index is 676. The first kappa shape index (κ1) is 13.6. The third kappa shape index (κ3) is 2.47. The lowest BCUT2D eigenvalue weighted by Crippen LogP contribution is -2.09. The fourth-order valence-electron chi connectivity index (χ4n) is 1.99. The molecule has 0 atom stereocenters. The summed E-state index contributed by atoms with van der Waals surface area (Å²) in [6.07, 6.45) is 0. The Morgan fingerprint density at radius 2 is 1.70 bits per heavy atom. The van der Waals surface area contributed by atoms with E-state index in [9.17, 15) is 14.7 Å². The number of carboxylic acid groups (broad SMARTS) is 2. The maximum atomic E-state index is 11.4. The average molecular weight is 272 g/mol. The Balaban J connectivity index is 2.70. The second-order valence-corrected chi connectivity index (χ2v) is 4.07. The van der Waals surface area contributed by atoms with Gasteiger partial charge in [-0.15, -0.1) is 0 Å². The SMILES string of the molecule is COc1cccc(-c2cccc(C(=O)O)c2C(=O)O)c1. The topological polar surface area (TPSA) is 83.8 Å². The van der Waals surface area contributed by atoms with Gasteiger partial charge in [0.05, 0.1) is 18.2 Å². The molecular weight excluding hydrogens is 260 g/mol. The molecule has 0 unspecified atom stereocenters. The number of methoxy groups -OCH3 is 1. The van der Waals surface area contributed by atoms with E-state index in [1.165, 1.54) is 19.2 Å². The lowest BCUT2D eigenvalue weighted by Gasteiger charge is -2.10. The molecule has 0 heterocycles. The molecule has 102 valence electrons. The van der Waals surface area contributed by atoms with E-state index < -0.39 is 11.9 Å². The molecule has 0 saturated heterocycles. The van der Waals surface area contributed by atoms with Crippen molar-refractivity contribution in [3.8, 4) is 16.9 Å². The molecule has 0 amide bonds. The number of aromatic carboxylic acids is 2. The molecule has 2 rings (SSSR count). The smallest absolute Gasteiger partial charge is 0.337 e. The summed E-state index contributed by atoms with van der Waals surface area (Å²) >= 11 is 0. The van der Waals surface area contributed by atoms with Crippen LogP contribution in [0.5, 0.6) is 5.75 Å². The lowest BCUT2D eigenvalue weighted by atomic mass is 9.95. The van der Waals surface area contributed by atoms with Gasteiger partial charge in [-0.3, -0.25) is 0 Å². The fraction of sp³-hybridized carbons (Fsp3) is 0.0667. The summed E-state index contributed by atoms with van der Waals surface area (Å²) in [6, 6.07) is 11.2. The van der Waals surface area contributed by atoms with Crippen LogP contribution >= 0.6 is 0 Å². The largest absolute Gasteiger partial charge is 0.497 e. The third-order valence-corrected chi connectivity index (χ3v) is 2.89. The summed E-state index contributed by atoms with van der Waals surface area (Å²) in [4.78, 5) is 22.5. The summed E-state index contributed by atoms with van der Waals surface area (Å²) in [6.45, 7) is 0. The van der Waals surface area contributed by atoms with Crippen LogP contribution in [0.25, 0.3) is 11.1 Å². The second-order valence-electron chi connectivity index (χ2n) is 4.07. The van der Waals surface area contributed by atoms with Crippen LogP contribution in [-0.4, -0.2) is 29.3 Å². The van der Waals surface area contributed by atoms with Gasteiger partial charge in [-0.25, -0.2) is 9.59 Å². The zero-order chi connectivity index (χ0) is 14.7. The first-order valence-electron chi connectivity index (χ1n) is 5.78. The van der Waals surface area contributed by atoms with Gasteiger partial charge in [0, 0.05) is 0 Å². The summed E-state index contributed by atoms with van der Waals surface area (Å²) in [5, 5.41) is 18.4. The monoisotopic (exact) mass is 272 g/mol. The van der Waals surface area contributed by atoms with Crippen molar-refractivity contribution in [2.24, 2.45) is 0 Å². The van der Waals surface area contributed by atoms with Crippen LogP contribution in [0.15, 0.2) is 42.5 Å². The second kappa shape index (κ2) is 5.44. The molecule has 0 saturated carbocycles. The molecule has 20 heavy (non-hydrogen) atoms. The molecule has 0 aromatic heterocycles. The Kier molecular flexibility index (Phi) is 3.70. The standard InChI is InChI=1S/C15H12O5/c1-20-10-5-2-4-9(8-10)11-6-3-7-12(14(16)17)13(11)15(18)19/h2-8H,1H3,(H,16,17)(H,18,19). The van der Waals surface area contributed by atoms with Crippen LogP contribution in [0.2, 0.25) is 0 Å².